The van der Waals surface area contributed by atoms with Crippen molar-refractivity contribution in [3.63, 3.8) is 0 Å². The van der Waals surface area contributed by atoms with E-state index < -0.39 is 0 Å². The summed E-state index contributed by atoms with van der Waals surface area (Å²) in [7, 11) is 0. The van der Waals surface area contributed by atoms with Crippen molar-refractivity contribution in [3.05, 3.63) is 0 Å². The molecule has 1 aliphatic carbocycles. The predicted molar refractivity (Wildman–Crippen MR) is 66.2 cm³/mol. The third-order valence-corrected chi connectivity index (χ3v) is 3.68. The van der Waals surface area contributed by atoms with Crippen LogP contribution in [0.4, 0.5) is 0 Å². The fourth-order valence-corrected chi connectivity index (χ4v) is 2.52. The zero-order valence-electron chi connectivity index (χ0n) is 10.8. The molecule has 1 aliphatic heterocycles. The van der Waals surface area contributed by atoms with E-state index in [0.29, 0.717) is 0 Å². The second kappa shape index (κ2) is 7.07. The second-order valence-corrected chi connectivity index (χ2v) is 5.20. The van der Waals surface area contributed by atoms with Crippen LogP contribution in [0.15, 0.2) is 0 Å². The molecule has 0 spiro atoms. The second-order valence-electron chi connectivity index (χ2n) is 5.20. The van der Waals surface area contributed by atoms with Gasteiger partial charge in [-0.2, -0.15) is 0 Å². The smallest absolute Gasteiger partial charge is 0.246 e. The molecule has 0 bridgehead atoms. The van der Waals surface area contributed by atoms with Crippen molar-refractivity contribution in [1.82, 2.24) is 5.32 Å². The minimum atomic E-state index is -0.180. The van der Waals surface area contributed by atoms with E-state index in [9.17, 15) is 9.90 Å². The topological polar surface area (TPSA) is 67.8 Å². The fourth-order valence-electron chi connectivity index (χ4n) is 2.52. The molecule has 1 heterocycles. The number of hydrogen-bond donors (Lipinski definition) is 2. The highest BCUT2D eigenvalue weighted by atomic mass is 16.5. The zero-order valence-corrected chi connectivity index (χ0v) is 10.8. The van der Waals surface area contributed by atoms with Gasteiger partial charge in [0.1, 0.15) is 6.61 Å². The molecule has 2 N–H and O–H groups in total. The molecule has 5 heteroatoms. The molecule has 2 fully saturated rings. The Morgan fingerprint density at radius 3 is 2.50 bits per heavy atom. The summed E-state index contributed by atoms with van der Waals surface area (Å²) in [5, 5.41) is 12.3. The Bertz CT molecular complexity index is 258. The average Bonchev–Trinajstić information content (AvgIpc) is 2.39. The molecule has 0 atom stereocenters. The molecule has 0 aromatic heterocycles. The first-order valence-corrected chi connectivity index (χ1v) is 6.91. The van der Waals surface area contributed by atoms with Crippen LogP contribution in [0, 0.1) is 0 Å². The van der Waals surface area contributed by atoms with E-state index in [2.05, 4.69) is 5.32 Å². The van der Waals surface area contributed by atoms with Crippen LogP contribution in [0.1, 0.15) is 38.5 Å². The first-order valence-electron chi connectivity index (χ1n) is 6.91. The van der Waals surface area contributed by atoms with E-state index in [1.807, 2.05) is 0 Å². The number of aliphatic hydroxyl groups excluding tert-OH is 1. The van der Waals surface area contributed by atoms with Crippen LogP contribution in [-0.4, -0.2) is 49.1 Å². The minimum absolute atomic E-state index is 0.0342. The van der Waals surface area contributed by atoms with Crippen LogP contribution in [0.5, 0.6) is 0 Å². The van der Waals surface area contributed by atoms with Gasteiger partial charge < -0.3 is 19.9 Å². The quantitative estimate of drug-likeness (QED) is 0.774. The highest BCUT2D eigenvalue weighted by Gasteiger charge is 2.21. The van der Waals surface area contributed by atoms with Crippen LogP contribution in [0.2, 0.25) is 0 Å². The molecule has 2 rings (SSSR count). The highest BCUT2D eigenvalue weighted by Crippen LogP contribution is 2.20. The highest BCUT2D eigenvalue weighted by molar-refractivity contribution is 5.77. The summed E-state index contributed by atoms with van der Waals surface area (Å²) in [5.74, 6) is -0.0342. The lowest BCUT2D eigenvalue weighted by atomic mass is 9.95. The molecule has 18 heavy (non-hydrogen) atoms. The molecule has 104 valence electrons. The molecule has 0 aromatic rings. The molecule has 0 aromatic carbocycles. The summed E-state index contributed by atoms with van der Waals surface area (Å²) in [6.07, 6.45) is 5.01. The lowest BCUT2D eigenvalue weighted by Crippen LogP contribution is -2.41. The monoisotopic (exact) mass is 257 g/mol. The van der Waals surface area contributed by atoms with Gasteiger partial charge in [-0.3, -0.25) is 4.79 Å². The maximum atomic E-state index is 11.7. The summed E-state index contributed by atoms with van der Waals surface area (Å²) in [5.41, 5.74) is 0. The molecule has 0 radical (unpaired) electrons. The van der Waals surface area contributed by atoms with Crippen LogP contribution in [0.3, 0.4) is 0 Å². The number of aliphatic hydroxyl groups is 1. The minimum Gasteiger partial charge on any atom is -0.393 e. The summed E-state index contributed by atoms with van der Waals surface area (Å²) in [6, 6.07) is 0.239. The van der Waals surface area contributed by atoms with Crippen molar-refractivity contribution >= 4 is 5.91 Å². The van der Waals surface area contributed by atoms with Gasteiger partial charge >= 0.3 is 0 Å². The van der Waals surface area contributed by atoms with Gasteiger partial charge in [-0.05, 0) is 38.5 Å². The van der Waals surface area contributed by atoms with Crippen molar-refractivity contribution in [3.8, 4) is 0 Å². The van der Waals surface area contributed by atoms with Gasteiger partial charge in [-0.25, -0.2) is 0 Å². The van der Waals surface area contributed by atoms with Crippen molar-refractivity contribution in [2.24, 2.45) is 0 Å². The van der Waals surface area contributed by atoms with Crippen molar-refractivity contribution in [1.29, 1.82) is 0 Å². The first-order chi connectivity index (χ1) is 8.74. The fraction of sp³-hybridized carbons (Fsp3) is 0.923. The first kappa shape index (κ1) is 13.8. The number of amides is 1. The predicted octanol–water partition coefficient (Wildman–Crippen LogP) is 0.602. The molecule has 2 aliphatic rings. The third kappa shape index (κ3) is 4.55. The van der Waals surface area contributed by atoms with Gasteiger partial charge in [0.2, 0.25) is 5.91 Å². The van der Waals surface area contributed by atoms with E-state index in [1.165, 1.54) is 0 Å². The lowest BCUT2D eigenvalue weighted by molar-refractivity contribution is -0.130. The molecular formula is C13H23NO4. The maximum absolute atomic E-state index is 11.7. The Hall–Kier alpha value is -0.650. The van der Waals surface area contributed by atoms with Gasteiger partial charge in [0, 0.05) is 19.3 Å². The number of rotatable bonds is 4. The number of nitrogens with one attached hydrogen (secondary N) is 1. The van der Waals surface area contributed by atoms with Gasteiger partial charge in [-0.15, -0.1) is 0 Å². The number of carbonyl (C=O) groups is 1. The number of ether oxygens (including phenoxy) is 2. The summed E-state index contributed by atoms with van der Waals surface area (Å²) < 4.78 is 10.8. The van der Waals surface area contributed by atoms with E-state index in [1.54, 1.807) is 0 Å². The third-order valence-electron chi connectivity index (χ3n) is 3.68. The Morgan fingerprint density at radius 2 is 1.83 bits per heavy atom. The molecular weight excluding hydrogens is 234 g/mol. The van der Waals surface area contributed by atoms with Gasteiger partial charge in [-0.1, -0.05) is 0 Å². The van der Waals surface area contributed by atoms with E-state index in [0.717, 1.165) is 51.7 Å². The van der Waals surface area contributed by atoms with Gasteiger partial charge in [0.25, 0.3) is 0 Å². The van der Waals surface area contributed by atoms with E-state index >= 15 is 0 Å². The zero-order chi connectivity index (χ0) is 12.8. The van der Waals surface area contributed by atoms with Crippen molar-refractivity contribution in [2.45, 2.75) is 56.8 Å². The lowest BCUT2D eigenvalue weighted by Gasteiger charge is -2.26. The summed E-state index contributed by atoms with van der Waals surface area (Å²) in [4.78, 5) is 11.7. The van der Waals surface area contributed by atoms with Crippen LogP contribution in [0.25, 0.3) is 0 Å². The normalized spacial score (nSPS) is 30.1. The van der Waals surface area contributed by atoms with Crippen LogP contribution >= 0.6 is 0 Å². The molecule has 5 nitrogen and oxygen atoms in total. The molecule has 1 amide bonds. The number of carbonyl (C=O) groups excluding carboxylic acids is 1. The Balaban J connectivity index is 1.59. The van der Waals surface area contributed by atoms with Gasteiger partial charge in [0.05, 0.1) is 12.2 Å². The molecule has 0 unspecified atom stereocenters. The summed E-state index contributed by atoms with van der Waals surface area (Å²) in [6.45, 7) is 1.59. The molecule has 1 saturated heterocycles. The standard InChI is InChI=1S/C13H23NO4/c15-11-1-3-12(4-2-11)18-9-13(16)14-10-5-7-17-8-6-10/h10-12,15H,1-9H2,(H,14,16). The van der Waals surface area contributed by atoms with E-state index in [-0.39, 0.29) is 30.8 Å². The van der Waals surface area contributed by atoms with Crippen molar-refractivity contribution < 1.29 is 19.4 Å². The van der Waals surface area contributed by atoms with E-state index in [4.69, 9.17) is 9.47 Å². The van der Waals surface area contributed by atoms with Gasteiger partial charge in [0.15, 0.2) is 0 Å². The Labute approximate surface area is 108 Å². The van der Waals surface area contributed by atoms with Crippen LogP contribution < -0.4 is 5.32 Å². The number of hydrogen-bond acceptors (Lipinski definition) is 4. The Kier molecular flexibility index (Phi) is 5.41. The maximum Gasteiger partial charge on any atom is 0.246 e. The largest absolute Gasteiger partial charge is 0.393 e. The Morgan fingerprint density at radius 1 is 1.17 bits per heavy atom. The van der Waals surface area contributed by atoms with Crippen LogP contribution in [-0.2, 0) is 14.3 Å². The van der Waals surface area contributed by atoms with Crippen molar-refractivity contribution in [2.75, 3.05) is 19.8 Å². The average molecular weight is 257 g/mol. The SMILES string of the molecule is O=C(COC1CCC(O)CC1)NC1CCOCC1. The summed E-state index contributed by atoms with van der Waals surface area (Å²) >= 11 is 0. The molecule has 1 saturated carbocycles.